The van der Waals surface area contributed by atoms with E-state index < -0.39 is 0 Å². The zero-order valence-electron chi connectivity index (χ0n) is 49.3. The highest BCUT2D eigenvalue weighted by Gasteiger charge is 2.16. The van der Waals surface area contributed by atoms with Gasteiger partial charge in [0.2, 0.25) is 0 Å². The zero-order chi connectivity index (χ0) is 54.0. The fourth-order valence-electron chi connectivity index (χ4n) is 9.05. The highest BCUT2D eigenvalue weighted by molar-refractivity contribution is 5.39. The molecule has 6 heteroatoms. The molecule has 1 aliphatic heterocycles. The van der Waals surface area contributed by atoms with Gasteiger partial charge in [0, 0.05) is 68.3 Å². The molecule has 1 aliphatic rings. The van der Waals surface area contributed by atoms with Gasteiger partial charge in [0.05, 0.1) is 0 Å². The number of aryl methyl sites for hydroxylation is 9. The number of ether oxygens (including phenoxy) is 1. The number of hydrogen-bond acceptors (Lipinski definition) is 5. The van der Waals surface area contributed by atoms with E-state index in [2.05, 4.69) is 220 Å². The highest BCUT2D eigenvalue weighted by Crippen LogP contribution is 2.25. The van der Waals surface area contributed by atoms with Crippen molar-refractivity contribution in [3.05, 3.63) is 176 Å². The predicted octanol–water partition coefficient (Wildman–Crippen LogP) is 18.3. The molecular weight excluding hydrogens is 867 g/mol. The molecule has 0 amide bonds. The molecule has 0 unspecified atom stereocenters. The van der Waals surface area contributed by atoms with Gasteiger partial charge < -0.3 is 4.74 Å². The third-order valence-electron chi connectivity index (χ3n) is 12.8. The molecule has 4 aromatic heterocycles. The molecule has 0 saturated carbocycles. The van der Waals surface area contributed by atoms with Crippen molar-refractivity contribution in [1.82, 2.24) is 24.7 Å². The molecule has 0 bridgehead atoms. The van der Waals surface area contributed by atoms with Crippen molar-refractivity contribution in [2.24, 2.45) is 18.9 Å². The molecule has 2 aromatic carbocycles. The second-order valence-corrected chi connectivity index (χ2v) is 21.9. The molecule has 0 N–H and O–H groups in total. The van der Waals surface area contributed by atoms with Gasteiger partial charge in [0.1, 0.15) is 0 Å². The minimum atomic E-state index is 0.538. The first-order valence-corrected chi connectivity index (χ1v) is 26.7. The lowest BCUT2D eigenvalue weighted by Gasteiger charge is -2.24. The molecule has 0 spiro atoms. The summed E-state index contributed by atoms with van der Waals surface area (Å²) in [5.74, 6) is 5.41. The van der Waals surface area contributed by atoms with Crippen molar-refractivity contribution in [3.63, 3.8) is 0 Å². The second-order valence-electron chi connectivity index (χ2n) is 21.9. The van der Waals surface area contributed by atoms with Gasteiger partial charge in [0.15, 0.2) is 0 Å². The molecule has 6 aromatic rings. The molecule has 1 fully saturated rings. The number of rotatable bonds is 7. The highest BCUT2D eigenvalue weighted by atomic mass is 16.5. The van der Waals surface area contributed by atoms with Crippen LogP contribution >= 0.6 is 0 Å². The summed E-state index contributed by atoms with van der Waals surface area (Å²) in [6, 6.07) is 23.5. The fourth-order valence-corrected chi connectivity index (χ4v) is 9.05. The van der Waals surface area contributed by atoms with Gasteiger partial charge in [-0.3, -0.25) is 19.6 Å². The van der Waals surface area contributed by atoms with Crippen molar-refractivity contribution in [3.8, 4) is 0 Å². The SMILES string of the molecule is CC(C)C1CCOCC1.CC(C)c1ccccc1.CC(C)c1ccnn1C.Cc1cc(C)c(C(C)C)c(C)c1.Cc1ccc(C(C)C)cn1.Cc1cnc(C(C)C)c(C)c1.Cc1cncc(C)c1C(C)C. The zero-order valence-corrected chi connectivity index (χ0v) is 49.3. The molecule has 5 heterocycles. The Bertz CT molecular complexity index is 2280. The van der Waals surface area contributed by atoms with Crippen molar-refractivity contribution in [2.75, 3.05) is 13.2 Å². The van der Waals surface area contributed by atoms with Gasteiger partial charge in [-0.05, 0) is 183 Å². The molecule has 392 valence electrons. The summed E-state index contributed by atoms with van der Waals surface area (Å²) in [6.45, 7) is 50.0. The molecule has 6 nitrogen and oxygen atoms in total. The van der Waals surface area contributed by atoms with Crippen molar-refractivity contribution >= 4 is 0 Å². The average molecular weight is 969 g/mol. The lowest BCUT2D eigenvalue weighted by atomic mass is 9.89. The fraction of sp³-hybridized carbons (Fsp3) is 0.538. The van der Waals surface area contributed by atoms with E-state index in [0.29, 0.717) is 35.5 Å². The summed E-state index contributed by atoms with van der Waals surface area (Å²) in [4.78, 5) is 12.7. The maximum Gasteiger partial charge on any atom is 0.0492 e. The molecule has 71 heavy (non-hydrogen) atoms. The molecular formula is C65H101N5O. The van der Waals surface area contributed by atoms with Crippen molar-refractivity contribution in [1.29, 1.82) is 0 Å². The summed E-state index contributed by atoms with van der Waals surface area (Å²) in [5, 5.41) is 4.05. The Morgan fingerprint density at radius 2 is 0.986 bits per heavy atom. The third kappa shape index (κ3) is 24.8. The van der Waals surface area contributed by atoms with Crippen LogP contribution in [0.15, 0.2) is 97.7 Å². The molecule has 7 rings (SSSR count). The van der Waals surface area contributed by atoms with E-state index >= 15 is 0 Å². The molecule has 1 saturated heterocycles. The monoisotopic (exact) mass is 968 g/mol. The Morgan fingerprint density at radius 3 is 1.32 bits per heavy atom. The van der Waals surface area contributed by atoms with Crippen LogP contribution < -0.4 is 0 Å². The van der Waals surface area contributed by atoms with E-state index in [4.69, 9.17) is 4.74 Å². The van der Waals surface area contributed by atoms with Gasteiger partial charge >= 0.3 is 0 Å². The number of nitrogens with zero attached hydrogens (tertiary/aromatic N) is 5. The van der Waals surface area contributed by atoms with Gasteiger partial charge in [-0.25, -0.2) is 0 Å². The summed E-state index contributed by atoms with van der Waals surface area (Å²) in [6.07, 6.45) is 12.1. The summed E-state index contributed by atoms with van der Waals surface area (Å²) in [5.41, 5.74) is 18.7. The Morgan fingerprint density at radius 1 is 0.479 bits per heavy atom. The number of aromatic nitrogens is 5. The van der Waals surface area contributed by atoms with Crippen LogP contribution in [0.25, 0.3) is 0 Å². The van der Waals surface area contributed by atoms with Crippen LogP contribution in [0.5, 0.6) is 0 Å². The Kier molecular flexibility index (Phi) is 30.4. The molecule has 0 atom stereocenters. The predicted molar refractivity (Wildman–Crippen MR) is 310 cm³/mol. The summed E-state index contributed by atoms with van der Waals surface area (Å²) >= 11 is 0. The van der Waals surface area contributed by atoms with E-state index in [-0.39, 0.29) is 0 Å². The molecule has 0 aliphatic carbocycles. The first-order chi connectivity index (χ1) is 33.3. The second kappa shape index (κ2) is 33.7. The largest absolute Gasteiger partial charge is 0.381 e. The van der Waals surface area contributed by atoms with E-state index in [1.807, 2.05) is 61.8 Å². The normalized spacial score (nSPS) is 12.1. The summed E-state index contributed by atoms with van der Waals surface area (Å²) in [7, 11) is 1.97. The maximum atomic E-state index is 5.25. The van der Waals surface area contributed by atoms with E-state index in [9.17, 15) is 0 Å². The number of hydrogen-bond donors (Lipinski definition) is 0. The molecule has 0 radical (unpaired) electrons. The smallest absolute Gasteiger partial charge is 0.0492 e. The van der Waals surface area contributed by atoms with Gasteiger partial charge in [-0.2, -0.15) is 5.10 Å². The first-order valence-electron chi connectivity index (χ1n) is 26.7. The van der Waals surface area contributed by atoms with Gasteiger partial charge in [0.25, 0.3) is 0 Å². The van der Waals surface area contributed by atoms with Crippen LogP contribution in [0.3, 0.4) is 0 Å². The van der Waals surface area contributed by atoms with Crippen LogP contribution in [0.4, 0.5) is 0 Å². The van der Waals surface area contributed by atoms with Crippen LogP contribution in [-0.2, 0) is 11.8 Å². The Balaban J connectivity index is 0.000000415. The topological polar surface area (TPSA) is 65.7 Å². The standard InChI is InChI=1S/C12H18.2C10H15N.C9H13N.C9H12.C8H16O.C7H12N2/c1-8(2)12-10(4)6-9(3)7-11(12)5;1-7(2)10-8(3)5-11-6-9(10)4;1-7(2)10-9(4)5-8(3)6-11-10;1-7(2)9-5-4-8(3)10-6-9;1-8(2)9-6-4-3-5-7-9;1-7(2)8-3-5-9-6-4-8;1-6(2)7-4-5-8-9(7)3/h6-8H,1-5H3;2*5-7H,1-4H3;4-7H,1-3H3;3-8H,1-2H3;7-8H,3-6H2,1-2H3;4-6H,1-3H3. The van der Waals surface area contributed by atoms with Crippen LogP contribution in [0, 0.1) is 67.2 Å². The minimum absolute atomic E-state index is 0.538. The van der Waals surface area contributed by atoms with Gasteiger partial charge in [-0.1, -0.05) is 157 Å². The lowest BCUT2D eigenvalue weighted by Crippen LogP contribution is -2.19. The van der Waals surface area contributed by atoms with E-state index in [0.717, 1.165) is 30.7 Å². The van der Waals surface area contributed by atoms with Gasteiger partial charge in [-0.15, -0.1) is 0 Å². The van der Waals surface area contributed by atoms with Crippen LogP contribution in [0.1, 0.15) is 224 Å². The lowest BCUT2D eigenvalue weighted by molar-refractivity contribution is 0.0523. The Hall–Kier alpha value is -4.94. The minimum Gasteiger partial charge on any atom is -0.381 e. The van der Waals surface area contributed by atoms with Crippen molar-refractivity contribution < 1.29 is 4.74 Å². The maximum absolute atomic E-state index is 5.25. The Labute approximate surface area is 436 Å². The first kappa shape index (κ1) is 64.1. The van der Waals surface area contributed by atoms with Crippen LogP contribution in [0.2, 0.25) is 0 Å². The van der Waals surface area contributed by atoms with E-state index in [1.54, 1.807) is 0 Å². The van der Waals surface area contributed by atoms with E-state index in [1.165, 1.54) is 85.4 Å². The van der Waals surface area contributed by atoms with Crippen LogP contribution in [-0.4, -0.2) is 37.9 Å². The number of pyridine rings is 3. The summed E-state index contributed by atoms with van der Waals surface area (Å²) < 4.78 is 7.16. The van der Waals surface area contributed by atoms with Crippen molar-refractivity contribution in [2.45, 2.75) is 201 Å². The third-order valence-corrected chi connectivity index (χ3v) is 12.8. The average Bonchev–Trinajstić information content (AvgIpc) is 3.74. The quantitative estimate of drug-likeness (QED) is 0.159. The number of benzene rings is 2.